The fraction of sp³-hybridized carbons (Fsp3) is 0.250. The first kappa shape index (κ1) is 21.7. The summed E-state index contributed by atoms with van der Waals surface area (Å²) in [6.07, 6.45) is 1.10. The van der Waals surface area contributed by atoms with Gasteiger partial charge in [-0.25, -0.2) is 8.78 Å². The highest BCUT2D eigenvalue weighted by molar-refractivity contribution is 5.95. The van der Waals surface area contributed by atoms with Crippen LogP contribution in [-0.2, 0) is 11.3 Å². The highest BCUT2D eigenvalue weighted by Gasteiger charge is 2.29. The topological polar surface area (TPSA) is 63.0 Å². The molecule has 2 aromatic carbocycles. The molecule has 0 spiro atoms. The van der Waals surface area contributed by atoms with Gasteiger partial charge in [0, 0.05) is 30.8 Å². The average Bonchev–Trinajstić information content (AvgIpc) is 3.32. The van der Waals surface area contributed by atoms with E-state index in [4.69, 9.17) is 9.15 Å². The second-order valence-electron chi connectivity index (χ2n) is 7.52. The summed E-state index contributed by atoms with van der Waals surface area (Å²) in [6.45, 7) is 1.41. The average molecular weight is 440 g/mol. The van der Waals surface area contributed by atoms with Crippen molar-refractivity contribution >= 4 is 11.8 Å². The monoisotopic (exact) mass is 440 g/mol. The minimum atomic E-state index is -0.426. The maximum atomic E-state index is 13.3. The normalized spacial score (nSPS) is 16.1. The van der Waals surface area contributed by atoms with E-state index < -0.39 is 17.7 Å². The molecule has 4 rings (SSSR count). The van der Waals surface area contributed by atoms with Crippen molar-refractivity contribution in [3.63, 3.8) is 0 Å². The zero-order valence-corrected chi connectivity index (χ0v) is 17.2. The molecule has 1 atom stereocenters. The number of furan rings is 1. The van der Waals surface area contributed by atoms with Crippen molar-refractivity contribution in [2.75, 3.05) is 26.2 Å². The molecule has 2 amide bonds. The molecule has 8 heteroatoms. The zero-order chi connectivity index (χ0) is 22.5. The largest absolute Gasteiger partial charge is 0.467 e. The number of amides is 2. The third-order valence-electron chi connectivity index (χ3n) is 5.25. The lowest BCUT2D eigenvalue weighted by atomic mass is 10.1. The van der Waals surface area contributed by atoms with Crippen LogP contribution >= 0.6 is 0 Å². The fourth-order valence-corrected chi connectivity index (χ4v) is 3.62. The number of carbonyl (C=O) groups excluding carboxylic acids is 2. The van der Waals surface area contributed by atoms with Gasteiger partial charge in [0.05, 0.1) is 25.5 Å². The van der Waals surface area contributed by atoms with E-state index in [9.17, 15) is 18.4 Å². The molecule has 1 aromatic heterocycles. The van der Waals surface area contributed by atoms with E-state index in [1.807, 2.05) is 0 Å². The Bertz CT molecular complexity index is 1050. The van der Waals surface area contributed by atoms with Gasteiger partial charge in [-0.2, -0.15) is 0 Å². The number of hydrogen-bond acceptors (Lipinski definition) is 4. The Morgan fingerprint density at radius 3 is 2.25 bits per heavy atom. The summed E-state index contributed by atoms with van der Waals surface area (Å²) in [7, 11) is 0. The highest BCUT2D eigenvalue weighted by Crippen LogP contribution is 2.17. The Labute approximate surface area is 184 Å². The number of carbonyl (C=O) groups is 2. The summed E-state index contributed by atoms with van der Waals surface area (Å²) in [5.41, 5.74) is 0.731. The van der Waals surface area contributed by atoms with Crippen LogP contribution in [0.2, 0.25) is 0 Å². The van der Waals surface area contributed by atoms with Crippen molar-refractivity contribution in [2.24, 2.45) is 0 Å². The molecule has 0 N–H and O–H groups in total. The molecule has 3 aromatic rings. The van der Waals surface area contributed by atoms with Crippen LogP contribution in [0, 0.1) is 11.6 Å². The van der Waals surface area contributed by atoms with Crippen molar-refractivity contribution in [1.82, 2.24) is 9.80 Å². The molecular weight excluding hydrogens is 418 g/mol. The van der Waals surface area contributed by atoms with Crippen LogP contribution in [0.5, 0.6) is 0 Å². The second-order valence-corrected chi connectivity index (χ2v) is 7.52. The van der Waals surface area contributed by atoms with Gasteiger partial charge in [0.2, 0.25) is 0 Å². The van der Waals surface area contributed by atoms with Gasteiger partial charge in [-0.15, -0.1) is 0 Å². The number of morpholine rings is 1. The van der Waals surface area contributed by atoms with Gasteiger partial charge in [-0.05, 0) is 60.7 Å². The molecular formula is C24H22F2N2O4. The summed E-state index contributed by atoms with van der Waals surface area (Å²) < 4.78 is 37.7. The molecule has 2 heterocycles. The Hall–Kier alpha value is -3.52. The van der Waals surface area contributed by atoms with Gasteiger partial charge in [0.15, 0.2) is 0 Å². The van der Waals surface area contributed by atoms with Crippen molar-refractivity contribution in [3.05, 3.63) is 95.4 Å². The Kier molecular flexibility index (Phi) is 6.61. The quantitative estimate of drug-likeness (QED) is 0.586. The van der Waals surface area contributed by atoms with Gasteiger partial charge in [0.1, 0.15) is 17.4 Å². The Morgan fingerprint density at radius 2 is 1.62 bits per heavy atom. The first-order valence-electron chi connectivity index (χ1n) is 10.2. The van der Waals surface area contributed by atoms with E-state index in [0.717, 1.165) is 0 Å². The zero-order valence-electron chi connectivity index (χ0n) is 17.2. The van der Waals surface area contributed by atoms with Crippen molar-refractivity contribution in [1.29, 1.82) is 0 Å². The number of halogens is 2. The molecule has 1 aliphatic rings. The number of ether oxygens (including phenoxy) is 1. The van der Waals surface area contributed by atoms with E-state index >= 15 is 0 Å². The van der Waals surface area contributed by atoms with Gasteiger partial charge >= 0.3 is 0 Å². The van der Waals surface area contributed by atoms with Crippen LogP contribution in [0.4, 0.5) is 8.78 Å². The van der Waals surface area contributed by atoms with Crippen LogP contribution in [0.25, 0.3) is 0 Å². The molecule has 1 fully saturated rings. The lowest BCUT2D eigenvalue weighted by Gasteiger charge is -2.35. The third-order valence-corrected chi connectivity index (χ3v) is 5.25. The first-order valence-corrected chi connectivity index (χ1v) is 10.2. The second kappa shape index (κ2) is 9.74. The summed E-state index contributed by atoms with van der Waals surface area (Å²) in [5.74, 6) is -0.762. The Morgan fingerprint density at radius 1 is 0.969 bits per heavy atom. The summed E-state index contributed by atoms with van der Waals surface area (Å²) in [4.78, 5) is 29.1. The molecule has 1 unspecified atom stereocenters. The summed E-state index contributed by atoms with van der Waals surface area (Å²) in [5, 5.41) is 0. The molecule has 0 saturated carbocycles. The number of hydrogen-bond donors (Lipinski definition) is 0. The number of rotatable bonds is 6. The lowest BCUT2D eigenvalue weighted by Crippen LogP contribution is -2.50. The maximum Gasteiger partial charge on any atom is 0.254 e. The Balaban J connectivity index is 1.48. The lowest BCUT2D eigenvalue weighted by molar-refractivity contribution is -0.0344. The van der Waals surface area contributed by atoms with E-state index in [2.05, 4.69) is 0 Å². The van der Waals surface area contributed by atoms with Crippen molar-refractivity contribution < 1.29 is 27.5 Å². The predicted octanol–water partition coefficient (Wildman–Crippen LogP) is 3.74. The molecule has 166 valence electrons. The van der Waals surface area contributed by atoms with Gasteiger partial charge < -0.3 is 19.0 Å². The minimum Gasteiger partial charge on any atom is -0.467 e. The molecule has 0 radical (unpaired) electrons. The highest BCUT2D eigenvalue weighted by atomic mass is 19.1. The third kappa shape index (κ3) is 5.20. The van der Waals surface area contributed by atoms with Crippen molar-refractivity contribution in [3.8, 4) is 0 Å². The smallest absolute Gasteiger partial charge is 0.254 e. The summed E-state index contributed by atoms with van der Waals surface area (Å²) in [6, 6.07) is 14.2. The predicted molar refractivity (Wildman–Crippen MR) is 112 cm³/mol. The van der Waals surface area contributed by atoms with E-state index in [1.54, 1.807) is 21.9 Å². The molecule has 0 bridgehead atoms. The fourth-order valence-electron chi connectivity index (χ4n) is 3.62. The summed E-state index contributed by atoms with van der Waals surface area (Å²) >= 11 is 0. The van der Waals surface area contributed by atoms with Crippen LogP contribution in [0.15, 0.2) is 71.3 Å². The number of nitrogens with zero attached hydrogens (tertiary/aromatic N) is 2. The van der Waals surface area contributed by atoms with Gasteiger partial charge in [0.25, 0.3) is 11.8 Å². The van der Waals surface area contributed by atoms with Crippen LogP contribution in [0.3, 0.4) is 0 Å². The SMILES string of the molecule is O=C(c1ccc(F)cc1)N1CCOC(CN(Cc2ccco2)C(=O)c2ccc(F)cc2)C1. The van der Waals surface area contributed by atoms with Crippen LogP contribution < -0.4 is 0 Å². The standard InChI is InChI=1S/C24H22F2N2O4/c25-19-7-3-17(4-8-19)23(29)27-11-13-32-22(15-27)16-28(14-21-2-1-12-31-21)24(30)18-5-9-20(26)10-6-18/h1-10,12,22H,11,13-16H2. The maximum absolute atomic E-state index is 13.3. The van der Waals surface area contributed by atoms with E-state index in [1.165, 1.54) is 54.8 Å². The van der Waals surface area contributed by atoms with Crippen molar-refractivity contribution in [2.45, 2.75) is 12.6 Å². The van der Waals surface area contributed by atoms with E-state index in [-0.39, 0.29) is 31.4 Å². The van der Waals surface area contributed by atoms with Crippen LogP contribution in [-0.4, -0.2) is 54.0 Å². The van der Waals surface area contributed by atoms with Gasteiger partial charge in [-0.1, -0.05) is 0 Å². The minimum absolute atomic E-state index is 0.203. The first-order chi connectivity index (χ1) is 15.5. The molecule has 1 aliphatic heterocycles. The van der Waals surface area contributed by atoms with Gasteiger partial charge in [-0.3, -0.25) is 9.59 Å². The molecule has 1 saturated heterocycles. The van der Waals surface area contributed by atoms with Crippen LogP contribution in [0.1, 0.15) is 26.5 Å². The number of benzene rings is 2. The molecule has 0 aliphatic carbocycles. The molecule has 6 nitrogen and oxygen atoms in total. The molecule has 32 heavy (non-hydrogen) atoms. The van der Waals surface area contributed by atoms with E-state index in [0.29, 0.717) is 30.0 Å².